The van der Waals surface area contributed by atoms with E-state index in [0.717, 1.165) is 19.6 Å². The Balaban J connectivity index is 0. The Morgan fingerprint density at radius 3 is 1.89 bits per heavy atom. The summed E-state index contributed by atoms with van der Waals surface area (Å²) in [6, 6.07) is 10.4. The van der Waals surface area contributed by atoms with Crippen LogP contribution in [0, 0.1) is 13.5 Å². The van der Waals surface area contributed by atoms with Gasteiger partial charge in [0.1, 0.15) is 0 Å². The number of unbranched alkanes of at least 4 members (excludes halogenated alkanes) is 3. The Morgan fingerprint density at radius 2 is 1.41 bits per heavy atom. The molecular weight excluding hydrogens is 447 g/mol. The molecule has 0 radical (unpaired) electrons. The van der Waals surface area contributed by atoms with Gasteiger partial charge in [0.15, 0.2) is 0 Å². The van der Waals surface area contributed by atoms with Crippen LogP contribution >= 0.6 is 0 Å². The minimum absolute atomic E-state index is 0. The molecule has 3 heteroatoms. The van der Waals surface area contributed by atoms with Gasteiger partial charge >= 0.3 is 184 Å². The zero-order chi connectivity index (χ0) is 18.2. The third-order valence-corrected chi connectivity index (χ3v) is 18.9. The molecule has 0 fully saturated rings. The zero-order valence-electron chi connectivity index (χ0n) is 18.6. The molecule has 0 atom stereocenters. The molecule has 0 saturated heterocycles. The van der Waals surface area contributed by atoms with E-state index in [1.54, 1.807) is 0 Å². The van der Waals surface area contributed by atoms with Gasteiger partial charge in [-0.05, 0) is 0 Å². The van der Waals surface area contributed by atoms with Gasteiger partial charge in [-0.25, -0.2) is 0 Å². The van der Waals surface area contributed by atoms with Crippen molar-refractivity contribution in [3.63, 3.8) is 0 Å². The third kappa shape index (κ3) is 14.2. The molecule has 1 aromatic carbocycles. The van der Waals surface area contributed by atoms with Gasteiger partial charge in [0, 0.05) is 0 Å². The van der Waals surface area contributed by atoms with Crippen LogP contribution in [0.2, 0.25) is 13.3 Å². The number of benzene rings is 1. The van der Waals surface area contributed by atoms with E-state index in [1.807, 2.05) is 0 Å². The van der Waals surface area contributed by atoms with Crippen molar-refractivity contribution in [2.75, 3.05) is 6.61 Å². The maximum absolute atomic E-state index is 5.82. The molecule has 0 heterocycles. The zero-order valence-corrected chi connectivity index (χ0v) is 22.8. The van der Waals surface area contributed by atoms with Crippen molar-refractivity contribution in [2.45, 2.75) is 85.6 Å². The number of hydrogen-bond acceptors (Lipinski definition) is 1. The van der Waals surface area contributed by atoms with E-state index in [4.69, 9.17) is 4.74 Å². The summed E-state index contributed by atoms with van der Waals surface area (Å²) in [5, 5.41) is 0. The second-order valence-electron chi connectivity index (χ2n) is 7.31. The van der Waals surface area contributed by atoms with Gasteiger partial charge in [-0.1, -0.05) is 0 Å². The first-order valence-electron chi connectivity index (χ1n) is 10.5. The average Bonchev–Trinajstić information content (AvgIpc) is 2.66. The van der Waals surface area contributed by atoms with Crippen molar-refractivity contribution in [2.24, 2.45) is 0 Å². The maximum atomic E-state index is 5.82. The van der Waals surface area contributed by atoms with E-state index >= 15 is 0 Å². The molecule has 0 aliphatic heterocycles. The Bertz CT molecular complexity index is 425. The Hall–Kier alpha value is 0.485. The van der Waals surface area contributed by atoms with Crippen molar-refractivity contribution in [1.29, 1.82) is 0 Å². The summed E-state index contributed by atoms with van der Waals surface area (Å²) in [4.78, 5) is 0. The molecule has 1 rings (SSSR count). The Labute approximate surface area is 190 Å². The summed E-state index contributed by atoms with van der Waals surface area (Å²) in [7, 11) is 0. The first-order chi connectivity index (χ1) is 12.3. The topological polar surface area (TPSA) is 9.23 Å². The molecule has 1 aromatic rings. The molecule has 0 bridgehead atoms. The Kier molecular flexibility index (Phi) is 21.8. The van der Waals surface area contributed by atoms with E-state index in [1.165, 1.54) is 57.4 Å². The molecule has 150 valence electrons. The fraction of sp³-hybridized carbons (Fsp3) is 0.625. The molecule has 0 aromatic heterocycles. The molecule has 0 aliphatic carbocycles. The van der Waals surface area contributed by atoms with E-state index in [9.17, 15) is 0 Å². The minimum Gasteiger partial charge on any atom is -0.358 e. The standard InChI is InChI=1S/C11H12O.3C4H9.CH3.Mg.Sn/c1-2-3-9-12-10-11-7-5-4-6-8-11;3*1-3-4-2;;;/h1,4-8H,3,9-10H2;3*1,3-4H2,2H3;1H3;;/q-1;;;;-1;+2;. The van der Waals surface area contributed by atoms with Crippen LogP contribution in [0.4, 0.5) is 0 Å². The first kappa shape index (κ1) is 29.7. The van der Waals surface area contributed by atoms with E-state index in [-0.39, 0.29) is 30.5 Å². The predicted molar refractivity (Wildman–Crippen MR) is 126 cm³/mol. The van der Waals surface area contributed by atoms with Gasteiger partial charge in [-0.15, -0.1) is 0 Å². The molecule has 0 saturated carbocycles. The largest absolute Gasteiger partial charge is 2.00 e. The van der Waals surface area contributed by atoms with Crippen molar-refractivity contribution >= 4 is 41.4 Å². The molecule has 27 heavy (non-hydrogen) atoms. The SMILES string of the molecule is CCC[CH2][Sn]([CH]=[C-]CCOCc1ccccc1)([CH2]CCC)[CH2]CCC.[CH3-].[Mg+2]. The quantitative estimate of drug-likeness (QED) is 0.142. The van der Waals surface area contributed by atoms with E-state index in [0.29, 0.717) is 0 Å². The minimum atomic E-state index is -2.12. The van der Waals surface area contributed by atoms with Crippen LogP contribution in [-0.4, -0.2) is 48.0 Å². The van der Waals surface area contributed by atoms with Crippen LogP contribution in [0.5, 0.6) is 0 Å². The summed E-state index contributed by atoms with van der Waals surface area (Å²) < 4.78 is 13.1. The maximum Gasteiger partial charge on any atom is 2.00 e. The molecule has 0 unspecified atom stereocenters. The summed E-state index contributed by atoms with van der Waals surface area (Å²) in [5.74, 6) is 0. The van der Waals surface area contributed by atoms with Crippen molar-refractivity contribution in [1.82, 2.24) is 0 Å². The normalized spacial score (nSPS) is 11.2. The molecule has 0 spiro atoms. The van der Waals surface area contributed by atoms with Crippen LogP contribution in [0.15, 0.2) is 34.4 Å². The average molecular weight is 490 g/mol. The van der Waals surface area contributed by atoms with E-state index in [2.05, 4.69) is 61.3 Å². The van der Waals surface area contributed by atoms with Gasteiger partial charge < -0.3 is 7.43 Å². The van der Waals surface area contributed by atoms with Crippen molar-refractivity contribution in [3.8, 4) is 0 Å². The van der Waals surface area contributed by atoms with Gasteiger partial charge in [-0.2, -0.15) is 0 Å². The third-order valence-electron chi connectivity index (χ3n) is 5.00. The van der Waals surface area contributed by atoms with Crippen molar-refractivity contribution in [3.05, 3.63) is 53.5 Å². The van der Waals surface area contributed by atoms with Crippen LogP contribution in [0.25, 0.3) is 0 Å². The van der Waals surface area contributed by atoms with Gasteiger partial charge in [-0.3, -0.25) is 0 Å². The fourth-order valence-corrected chi connectivity index (χ4v) is 17.4. The monoisotopic (exact) mass is 490 g/mol. The Morgan fingerprint density at radius 1 is 0.889 bits per heavy atom. The van der Waals surface area contributed by atoms with Gasteiger partial charge in [0.25, 0.3) is 0 Å². The smallest absolute Gasteiger partial charge is 0.358 e. The fourth-order valence-electron chi connectivity index (χ4n) is 3.36. The van der Waals surface area contributed by atoms with Crippen molar-refractivity contribution < 1.29 is 4.74 Å². The summed E-state index contributed by atoms with van der Waals surface area (Å²) >= 11 is -2.12. The second kappa shape index (κ2) is 19.8. The molecule has 0 amide bonds. The number of hydrogen-bond donors (Lipinski definition) is 0. The number of ether oxygens (including phenoxy) is 1. The van der Waals surface area contributed by atoms with Crippen LogP contribution in [-0.2, 0) is 11.3 Å². The molecule has 0 aliphatic rings. The summed E-state index contributed by atoms with van der Waals surface area (Å²) in [5.41, 5.74) is 1.26. The molecular formula is C24H42MgOSn. The summed E-state index contributed by atoms with van der Waals surface area (Å²) in [6.07, 6.45) is 12.9. The van der Waals surface area contributed by atoms with Crippen LogP contribution < -0.4 is 0 Å². The first-order valence-corrected chi connectivity index (χ1v) is 18.2. The van der Waals surface area contributed by atoms with Gasteiger partial charge in [0.05, 0.1) is 0 Å². The molecule has 0 N–H and O–H groups in total. The summed E-state index contributed by atoms with van der Waals surface area (Å²) in [6.45, 7) is 8.52. The van der Waals surface area contributed by atoms with Gasteiger partial charge in [0.2, 0.25) is 0 Å². The second-order valence-corrected chi connectivity index (χ2v) is 20.2. The predicted octanol–water partition coefficient (Wildman–Crippen LogP) is 7.41. The van der Waals surface area contributed by atoms with Crippen LogP contribution in [0.1, 0.15) is 71.3 Å². The molecule has 1 nitrogen and oxygen atoms in total. The van der Waals surface area contributed by atoms with E-state index < -0.39 is 18.4 Å². The van der Waals surface area contributed by atoms with Crippen LogP contribution in [0.3, 0.4) is 0 Å². The number of rotatable bonds is 15.